The van der Waals surface area contributed by atoms with Crippen LogP contribution in [0.1, 0.15) is 28.4 Å². The molecule has 28 heavy (non-hydrogen) atoms. The number of likely N-dealkylation sites (N-methyl/N-ethyl adjacent to an activating group) is 1. The van der Waals surface area contributed by atoms with Crippen molar-refractivity contribution in [2.45, 2.75) is 12.5 Å². The van der Waals surface area contributed by atoms with Gasteiger partial charge in [0.05, 0.1) is 19.0 Å². The predicted octanol–water partition coefficient (Wildman–Crippen LogP) is 0.717. The molecule has 2 aromatic rings. The molecule has 0 aliphatic carbocycles. The van der Waals surface area contributed by atoms with Crippen LogP contribution in [0.3, 0.4) is 0 Å². The van der Waals surface area contributed by atoms with E-state index >= 15 is 0 Å². The normalized spacial score (nSPS) is 11.7. The maximum absolute atomic E-state index is 12.3. The fourth-order valence-electron chi connectivity index (χ4n) is 2.74. The van der Waals surface area contributed by atoms with Crippen molar-refractivity contribution in [2.75, 3.05) is 27.2 Å². The molecular weight excluding hydrogens is 360 g/mol. The molecule has 0 radical (unpaired) electrons. The molecule has 0 heterocycles. The first-order chi connectivity index (χ1) is 13.4. The summed E-state index contributed by atoms with van der Waals surface area (Å²) in [6, 6.07) is 15.0. The highest BCUT2D eigenvalue weighted by Crippen LogP contribution is 2.12. The van der Waals surface area contributed by atoms with E-state index < -0.39 is 4.92 Å². The first-order valence-electron chi connectivity index (χ1n) is 9.03. The van der Waals surface area contributed by atoms with Crippen LogP contribution in [0.2, 0.25) is 0 Å². The van der Waals surface area contributed by atoms with Gasteiger partial charge in [-0.2, -0.15) is 0 Å². The summed E-state index contributed by atoms with van der Waals surface area (Å²) >= 11 is 0. The summed E-state index contributed by atoms with van der Waals surface area (Å²) in [5.74, 6) is -0.529. The first kappa shape index (κ1) is 21.0. The lowest BCUT2D eigenvalue weighted by Crippen LogP contribution is -3.06. The van der Waals surface area contributed by atoms with E-state index in [0.717, 1.165) is 12.1 Å². The molecule has 0 bridgehead atoms. The number of hydrogen-bond donors (Lipinski definition) is 3. The molecular formula is C20H25N4O4+. The van der Waals surface area contributed by atoms with Crippen LogP contribution >= 0.6 is 0 Å². The number of hydrogen-bond acceptors (Lipinski definition) is 4. The van der Waals surface area contributed by atoms with Crippen molar-refractivity contribution in [3.8, 4) is 0 Å². The Bertz CT molecular complexity index is 807. The molecule has 1 atom stereocenters. The van der Waals surface area contributed by atoms with Gasteiger partial charge in [-0.05, 0) is 17.7 Å². The number of quaternary nitrogens is 1. The molecule has 3 N–H and O–H groups in total. The molecule has 2 amide bonds. The molecule has 0 spiro atoms. The Kier molecular flexibility index (Phi) is 7.65. The highest BCUT2D eigenvalue weighted by molar-refractivity contribution is 5.94. The maximum atomic E-state index is 12.3. The number of nitro benzene ring substituents is 1. The van der Waals surface area contributed by atoms with Crippen molar-refractivity contribution in [1.82, 2.24) is 10.6 Å². The Morgan fingerprint density at radius 3 is 2.29 bits per heavy atom. The number of carbonyl (C=O) groups is 2. The maximum Gasteiger partial charge on any atom is 0.269 e. The van der Waals surface area contributed by atoms with Crippen LogP contribution in [0.4, 0.5) is 5.69 Å². The van der Waals surface area contributed by atoms with Gasteiger partial charge in [0.1, 0.15) is 12.6 Å². The van der Waals surface area contributed by atoms with Gasteiger partial charge < -0.3 is 15.5 Å². The number of nitrogens with one attached hydrogen (secondary N) is 3. The summed E-state index contributed by atoms with van der Waals surface area (Å²) in [6.07, 6.45) is 0.144. The number of rotatable bonds is 9. The van der Waals surface area contributed by atoms with Gasteiger partial charge in [0.15, 0.2) is 0 Å². The minimum Gasteiger partial charge on any atom is -0.352 e. The Balaban J connectivity index is 1.85. The number of nitrogens with zero attached hydrogens (tertiary/aromatic N) is 1. The Morgan fingerprint density at radius 2 is 1.71 bits per heavy atom. The highest BCUT2D eigenvalue weighted by atomic mass is 16.6. The Hall–Kier alpha value is -3.26. The average Bonchev–Trinajstić information content (AvgIpc) is 2.67. The summed E-state index contributed by atoms with van der Waals surface area (Å²) in [5.41, 5.74) is 1.27. The van der Waals surface area contributed by atoms with Crippen molar-refractivity contribution in [3.63, 3.8) is 0 Å². The molecule has 0 fully saturated rings. The molecule has 2 aromatic carbocycles. The third-order valence-electron chi connectivity index (χ3n) is 4.13. The molecule has 148 valence electrons. The van der Waals surface area contributed by atoms with Gasteiger partial charge in [-0.15, -0.1) is 0 Å². The molecule has 0 saturated heterocycles. The quantitative estimate of drug-likeness (QED) is 0.437. The Labute approximate surface area is 163 Å². The number of benzene rings is 2. The van der Waals surface area contributed by atoms with Gasteiger partial charge in [0, 0.05) is 30.7 Å². The summed E-state index contributed by atoms with van der Waals surface area (Å²) in [7, 11) is 4.04. The standard InChI is InChI=1S/C20H24N4O4/c1-23(2)14-18(15-6-4-3-5-7-15)22-19(25)12-13-21-20(26)16-8-10-17(11-9-16)24(27)28/h3-11,18H,12-14H2,1-2H3,(H,21,26)(H,22,25)/p+1/t18-/m1/s1. The van der Waals surface area contributed by atoms with Gasteiger partial charge in [-0.1, -0.05) is 30.3 Å². The molecule has 0 aliphatic rings. The van der Waals surface area contributed by atoms with Gasteiger partial charge in [0.2, 0.25) is 5.91 Å². The van der Waals surface area contributed by atoms with Crippen LogP contribution in [0.15, 0.2) is 54.6 Å². The fraction of sp³-hybridized carbons (Fsp3) is 0.300. The second-order valence-corrected chi connectivity index (χ2v) is 6.75. The third kappa shape index (κ3) is 6.48. The van der Waals surface area contributed by atoms with E-state index in [9.17, 15) is 19.7 Å². The van der Waals surface area contributed by atoms with E-state index in [1.54, 1.807) is 0 Å². The minimum atomic E-state index is -0.523. The van der Waals surface area contributed by atoms with Crippen LogP contribution in [-0.4, -0.2) is 43.9 Å². The number of non-ortho nitro benzene ring substituents is 1. The van der Waals surface area contributed by atoms with Crippen molar-refractivity contribution in [1.29, 1.82) is 0 Å². The topological polar surface area (TPSA) is 106 Å². The molecule has 0 unspecified atom stereocenters. The van der Waals surface area contributed by atoms with Gasteiger partial charge >= 0.3 is 0 Å². The Morgan fingerprint density at radius 1 is 1.07 bits per heavy atom. The molecule has 8 nitrogen and oxygen atoms in total. The second kappa shape index (κ2) is 10.2. The monoisotopic (exact) mass is 385 g/mol. The zero-order valence-corrected chi connectivity index (χ0v) is 16.0. The van der Waals surface area contributed by atoms with E-state index in [4.69, 9.17) is 0 Å². The number of carbonyl (C=O) groups excluding carboxylic acids is 2. The van der Waals surface area contributed by atoms with E-state index in [0.29, 0.717) is 5.56 Å². The largest absolute Gasteiger partial charge is 0.352 e. The van der Waals surface area contributed by atoms with E-state index in [1.165, 1.54) is 29.2 Å². The van der Waals surface area contributed by atoms with Crippen LogP contribution in [-0.2, 0) is 4.79 Å². The van der Waals surface area contributed by atoms with E-state index in [2.05, 4.69) is 10.6 Å². The number of amides is 2. The first-order valence-corrected chi connectivity index (χ1v) is 9.03. The van der Waals surface area contributed by atoms with E-state index in [1.807, 2.05) is 44.4 Å². The lowest BCUT2D eigenvalue weighted by Gasteiger charge is -2.21. The summed E-state index contributed by atoms with van der Waals surface area (Å²) in [4.78, 5) is 35.7. The summed E-state index contributed by atoms with van der Waals surface area (Å²) in [6.45, 7) is 0.920. The van der Waals surface area contributed by atoms with Crippen LogP contribution in [0.25, 0.3) is 0 Å². The van der Waals surface area contributed by atoms with Gasteiger partial charge in [-0.3, -0.25) is 19.7 Å². The minimum absolute atomic E-state index is 0.0779. The van der Waals surface area contributed by atoms with Crippen molar-refractivity contribution < 1.29 is 19.4 Å². The SMILES string of the molecule is C[NH+](C)C[C@@H](NC(=O)CCNC(=O)c1ccc([N+](=O)[O-])cc1)c1ccccc1. The average molecular weight is 385 g/mol. The van der Waals surface area contributed by atoms with Gasteiger partial charge in [-0.25, -0.2) is 0 Å². The fourth-order valence-corrected chi connectivity index (χ4v) is 2.74. The predicted molar refractivity (Wildman–Crippen MR) is 105 cm³/mol. The lowest BCUT2D eigenvalue weighted by molar-refractivity contribution is -0.860. The van der Waals surface area contributed by atoms with E-state index in [-0.39, 0.29) is 36.5 Å². The zero-order valence-electron chi connectivity index (χ0n) is 16.0. The summed E-state index contributed by atoms with van der Waals surface area (Å²) in [5, 5.41) is 16.3. The van der Waals surface area contributed by atoms with Crippen molar-refractivity contribution in [2.24, 2.45) is 0 Å². The molecule has 0 aromatic heterocycles. The highest BCUT2D eigenvalue weighted by Gasteiger charge is 2.17. The van der Waals surface area contributed by atoms with Crippen LogP contribution < -0.4 is 15.5 Å². The lowest BCUT2D eigenvalue weighted by atomic mass is 10.1. The second-order valence-electron chi connectivity index (χ2n) is 6.75. The number of nitro groups is 1. The third-order valence-corrected chi connectivity index (χ3v) is 4.13. The molecule has 2 rings (SSSR count). The molecule has 8 heteroatoms. The van der Waals surface area contributed by atoms with Crippen molar-refractivity contribution >= 4 is 17.5 Å². The molecule has 0 aliphatic heterocycles. The van der Waals surface area contributed by atoms with Crippen LogP contribution in [0.5, 0.6) is 0 Å². The van der Waals surface area contributed by atoms with Crippen molar-refractivity contribution in [3.05, 3.63) is 75.8 Å². The van der Waals surface area contributed by atoms with Gasteiger partial charge in [0.25, 0.3) is 11.6 Å². The zero-order chi connectivity index (χ0) is 20.5. The smallest absolute Gasteiger partial charge is 0.269 e. The van der Waals surface area contributed by atoms with Crippen LogP contribution in [0, 0.1) is 10.1 Å². The summed E-state index contributed by atoms with van der Waals surface area (Å²) < 4.78 is 0. The molecule has 0 saturated carbocycles.